The Balaban J connectivity index is 1.63. The molecule has 3 aromatic rings. The topological polar surface area (TPSA) is 67.5 Å². The van der Waals surface area contributed by atoms with Crippen LogP contribution in [0.3, 0.4) is 0 Å². The Bertz CT molecular complexity index is 1160. The van der Waals surface area contributed by atoms with Gasteiger partial charge in [0.25, 0.3) is 0 Å². The predicted molar refractivity (Wildman–Crippen MR) is 141 cm³/mol. The highest BCUT2D eigenvalue weighted by atomic mass is 16.5. The number of rotatable bonds is 7. The lowest BCUT2D eigenvalue weighted by Gasteiger charge is -2.38. The van der Waals surface area contributed by atoms with E-state index in [1.54, 1.807) is 7.11 Å². The van der Waals surface area contributed by atoms with Crippen molar-refractivity contribution in [1.29, 1.82) is 0 Å². The second-order valence-electron chi connectivity index (χ2n) is 9.58. The molecule has 34 heavy (non-hydrogen) atoms. The Morgan fingerprint density at radius 1 is 1.12 bits per heavy atom. The highest BCUT2D eigenvalue weighted by Crippen LogP contribution is 2.34. The normalized spacial score (nSPS) is 17.4. The van der Waals surface area contributed by atoms with Crippen molar-refractivity contribution in [2.24, 2.45) is 5.73 Å². The fourth-order valence-electron chi connectivity index (χ4n) is 4.84. The average molecular weight is 460 g/mol. The van der Waals surface area contributed by atoms with Gasteiger partial charge >= 0.3 is 0 Å². The predicted octanol–water partition coefficient (Wildman–Crippen LogP) is 4.58. The number of fused-ring (bicyclic) bond motifs is 1. The van der Waals surface area contributed by atoms with E-state index in [0.717, 1.165) is 65.3 Å². The van der Waals surface area contributed by atoms with Gasteiger partial charge in [-0.1, -0.05) is 30.3 Å². The van der Waals surface area contributed by atoms with Crippen molar-refractivity contribution in [2.75, 3.05) is 38.2 Å². The molecule has 2 N–H and O–H groups in total. The summed E-state index contributed by atoms with van der Waals surface area (Å²) in [6.07, 6.45) is 4.04. The van der Waals surface area contributed by atoms with Crippen LogP contribution >= 0.6 is 0 Å². The van der Waals surface area contributed by atoms with Gasteiger partial charge in [-0.15, -0.1) is 0 Å². The Kier molecular flexibility index (Phi) is 7.31. The third-order valence-corrected chi connectivity index (χ3v) is 6.89. The molecular weight excluding hydrogens is 422 g/mol. The average Bonchev–Trinajstić information content (AvgIpc) is 2.84. The molecule has 6 heteroatoms. The molecule has 3 heterocycles. The number of piperazine rings is 1. The Labute approximate surface area is 203 Å². The second kappa shape index (κ2) is 10.2. The summed E-state index contributed by atoms with van der Waals surface area (Å²) in [7, 11) is 1.71. The van der Waals surface area contributed by atoms with Gasteiger partial charge in [0.05, 0.1) is 40.8 Å². The van der Waals surface area contributed by atoms with Gasteiger partial charge in [0.1, 0.15) is 0 Å². The zero-order valence-electron chi connectivity index (χ0n) is 21.1. The molecule has 1 atom stereocenters. The third kappa shape index (κ3) is 4.99. The highest BCUT2D eigenvalue weighted by molar-refractivity contribution is 5.82. The SMILES string of the molecule is C/C=C(/c1ccc2ncc(N3CCN(C(C)C)CC3)cc2n1)C(C)(N)c1cccc(COC)c1. The standard InChI is InChI=1S/C28H37N5O/c1-6-24(28(4,29)22-9-7-8-21(16-22)19-34-5)25-10-11-26-27(31-25)17-23(18-30-26)33-14-12-32(13-15-33)20(2)3/h6-11,16-18,20H,12-15,19,29H2,1-5H3/b24-6-. The van der Waals surface area contributed by atoms with Gasteiger partial charge < -0.3 is 15.4 Å². The lowest BCUT2D eigenvalue weighted by atomic mass is 9.82. The number of nitrogens with zero attached hydrogens (tertiary/aromatic N) is 4. The number of ether oxygens (including phenoxy) is 1. The van der Waals surface area contributed by atoms with Gasteiger partial charge in [0, 0.05) is 39.3 Å². The van der Waals surface area contributed by atoms with E-state index in [1.165, 1.54) is 0 Å². The van der Waals surface area contributed by atoms with Crippen molar-refractivity contribution < 1.29 is 4.74 Å². The van der Waals surface area contributed by atoms with Crippen LogP contribution in [0.25, 0.3) is 16.6 Å². The molecule has 0 radical (unpaired) electrons. The van der Waals surface area contributed by atoms with E-state index in [4.69, 9.17) is 20.4 Å². The third-order valence-electron chi connectivity index (χ3n) is 6.89. The number of pyridine rings is 2. The molecule has 1 aliphatic rings. The van der Waals surface area contributed by atoms with Crippen LogP contribution in [0, 0.1) is 0 Å². The lowest BCUT2D eigenvalue weighted by molar-refractivity contribution is 0.185. The molecule has 1 aromatic carbocycles. The summed E-state index contributed by atoms with van der Waals surface area (Å²) in [5.74, 6) is 0. The summed E-state index contributed by atoms with van der Waals surface area (Å²) < 4.78 is 5.31. The molecule has 1 saturated heterocycles. The number of hydrogen-bond donors (Lipinski definition) is 1. The number of aromatic nitrogens is 2. The first-order valence-corrected chi connectivity index (χ1v) is 12.1. The van der Waals surface area contributed by atoms with Crippen LogP contribution in [0.4, 0.5) is 5.69 Å². The minimum absolute atomic E-state index is 0.559. The second-order valence-corrected chi connectivity index (χ2v) is 9.58. The number of nitrogens with two attached hydrogens (primary N) is 1. The van der Waals surface area contributed by atoms with Crippen molar-refractivity contribution >= 4 is 22.3 Å². The molecule has 2 aromatic heterocycles. The van der Waals surface area contributed by atoms with Crippen LogP contribution in [0.15, 0.2) is 54.7 Å². The van der Waals surface area contributed by atoms with Gasteiger partial charge in [0.15, 0.2) is 0 Å². The van der Waals surface area contributed by atoms with Crippen LogP contribution in [-0.2, 0) is 16.9 Å². The quantitative estimate of drug-likeness (QED) is 0.558. The molecule has 6 nitrogen and oxygen atoms in total. The number of hydrogen-bond acceptors (Lipinski definition) is 6. The molecular formula is C28H37N5O. The van der Waals surface area contributed by atoms with Crippen molar-refractivity contribution in [3.05, 3.63) is 71.6 Å². The van der Waals surface area contributed by atoms with E-state index >= 15 is 0 Å². The largest absolute Gasteiger partial charge is 0.380 e. The Morgan fingerprint density at radius 2 is 1.88 bits per heavy atom. The number of allylic oxidation sites excluding steroid dienone is 1. The smallest absolute Gasteiger partial charge is 0.0914 e. The first-order valence-electron chi connectivity index (χ1n) is 12.1. The minimum Gasteiger partial charge on any atom is -0.380 e. The zero-order chi connectivity index (χ0) is 24.3. The van der Waals surface area contributed by atoms with E-state index in [-0.39, 0.29) is 0 Å². The van der Waals surface area contributed by atoms with Crippen LogP contribution in [0.2, 0.25) is 0 Å². The molecule has 0 spiro atoms. The van der Waals surface area contributed by atoms with Gasteiger partial charge in [-0.05, 0) is 62.6 Å². The highest BCUT2D eigenvalue weighted by Gasteiger charge is 2.28. The molecule has 180 valence electrons. The molecule has 1 aliphatic heterocycles. The van der Waals surface area contributed by atoms with Gasteiger partial charge in [-0.2, -0.15) is 0 Å². The summed E-state index contributed by atoms with van der Waals surface area (Å²) in [5, 5.41) is 0. The van der Waals surface area contributed by atoms with Crippen molar-refractivity contribution in [2.45, 2.75) is 45.9 Å². The summed E-state index contributed by atoms with van der Waals surface area (Å²) >= 11 is 0. The summed E-state index contributed by atoms with van der Waals surface area (Å²) in [5.41, 5.74) is 13.2. The monoisotopic (exact) mass is 459 g/mol. The van der Waals surface area contributed by atoms with E-state index < -0.39 is 5.54 Å². The molecule has 0 aliphatic carbocycles. The number of methoxy groups -OCH3 is 1. The van der Waals surface area contributed by atoms with Crippen molar-refractivity contribution in [1.82, 2.24) is 14.9 Å². The summed E-state index contributed by atoms with van der Waals surface area (Å²) in [6, 6.07) is 15.1. The van der Waals surface area contributed by atoms with Crippen molar-refractivity contribution in [3.8, 4) is 0 Å². The van der Waals surface area contributed by atoms with Crippen LogP contribution in [0.5, 0.6) is 0 Å². The molecule has 1 unspecified atom stereocenters. The molecule has 4 rings (SSSR count). The van der Waals surface area contributed by atoms with E-state index in [1.807, 2.05) is 38.2 Å². The van der Waals surface area contributed by atoms with E-state index in [0.29, 0.717) is 12.6 Å². The fraction of sp³-hybridized carbons (Fsp3) is 0.429. The maximum absolute atomic E-state index is 6.94. The fourth-order valence-corrected chi connectivity index (χ4v) is 4.84. The number of benzene rings is 1. The minimum atomic E-state index is -0.697. The van der Waals surface area contributed by atoms with Crippen LogP contribution in [0.1, 0.15) is 44.5 Å². The van der Waals surface area contributed by atoms with Gasteiger partial charge in [0.2, 0.25) is 0 Å². The zero-order valence-corrected chi connectivity index (χ0v) is 21.1. The van der Waals surface area contributed by atoms with Crippen molar-refractivity contribution in [3.63, 3.8) is 0 Å². The van der Waals surface area contributed by atoms with E-state index in [9.17, 15) is 0 Å². The van der Waals surface area contributed by atoms with Gasteiger partial charge in [-0.3, -0.25) is 9.88 Å². The summed E-state index contributed by atoms with van der Waals surface area (Å²) in [6.45, 7) is 13.3. The van der Waals surface area contributed by atoms with Gasteiger partial charge in [-0.25, -0.2) is 4.98 Å². The molecule has 1 fully saturated rings. The first-order chi connectivity index (χ1) is 16.3. The Hall–Kier alpha value is -2.80. The first kappa shape index (κ1) is 24.3. The van der Waals surface area contributed by atoms with Crippen LogP contribution in [-0.4, -0.2) is 54.2 Å². The molecule has 0 bridgehead atoms. The van der Waals surface area contributed by atoms with Crippen LogP contribution < -0.4 is 10.6 Å². The maximum atomic E-state index is 6.94. The molecule has 0 amide bonds. The lowest BCUT2D eigenvalue weighted by Crippen LogP contribution is -2.48. The number of anilines is 1. The maximum Gasteiger partial charge on any atom is 0.0914 e. The summed E-state index contributed by atoms with van der Waals surface area (Å²) in [4.78, 5) is 14.7. The molecule has 0 saturated carbocycles. The van der Waals surface area contributed by atoms with E-state index in [2.05, 4.69) is 54.0 Å². The Morgan fingerprint density at radius 3 is 2.56 bits per heavy atom.